The minimum atomic E-state index is -3.83. The molecule has 106 valence electrons. The summed E-state index contributed by atoms with van der Waals surface area (Å²) >= 11 is 0. The quantitative estimate of drug-likeness (QED) is 0.783. The molecule has 1 aliphatic rings. The predicted molar refractivity (Wildman–Crippen MR) is 72.9 cm³/mol. The summed E-state index contributed by atoms with van der Waals surface area (Å²) in [7, 11) is -3.83. The van der Waals surface area contributed by atoms with Crippen molar-refractivity contribution in [2.24, 2.45) is 5.41 Å². The van der Waals surface area contributed by atoms with Gasteiger partial charge in [0.2, 0.25) is 0 Å². The van der Waals surface area contributed by atoms with Crippen molar-refractivity contribution in [3.05, 3.63) is 23.9 Å². The van der Waals surface area contributed by atoms with Gasteiger partial charge in [0.15, 0.2) is 0 Å². The number of hydrogen-bond acceptors (Lipinski definition) is 3. The molecule has 1 rings (SSSR count). The van der Waals surface area contributed by atoms with Gasteiger partial charge in [-0.05, 0) is 29.7 Å². The van der Waals surface area contributed by atoms with Crippen LogP contribution in [0.25, 0.3) is 0 Å². The largest absolute Gasteiger partial charge is 0.412 e. The summed E-state index contributed by atoms with van der Waals surface area (Å²) < 4.78 is 29.7. The molecular weight excluding hydrogens is 254 g/mol. The molecule has 0 bridgehead atoms. The lowest BCUT2D eigenvalue weighted by Crippen LogP contribution is -2.25. The SMILES string of the molecule is CC(C)(C)C1=CCN(CCCS(=O)(=O)O)C=C1.O. The molecule has 6 heteroatoms. The maximum atomic E-state index is 10.6. The zero-order valence-electron chi connectivity index (χ0n) is 11.2. The van der Waals surface area contributed by atoms with Crippen LogP contribution in [-0.4, -0.2) is 42.2 Å². The average Bonchev–Trinajstić information content (AvgIpc) is 2.15. The van der Waals surface area contributed by atoms with E-state index in [0.717, 1.165) is 6.54 Å². The fourth-order valence-corrected chi connectivity index (χ4v) is 2.20. The van der Waals surface area contributed by atoms with Gasteiger partial charge in [-0.25, -0.2) is 0 Å². The Morgan fingerprint density at radius 3 is 2.39 bits per heavy atom. The van der Waals surface area contributed by atoms with Crippen molar-refractivity contribution >= 4 is 10.1 Å². The molecule has 0 spiro atoms. The van der Waals surface area contributed by atoms with Crippen molar-refractivity contribution in [3.8, 4) is 0 Å². The molecule has 0 saturated heterocycles. The summed E-state index contributed by atoms with van der Waals surface area (Å²) in [6.07, 6.45) is 6.66. The summed E-state index contributed by atoms with van der Waals surface area (Å²) in [5, 5.41) is 0. The van der Waals surface area contributed by atoms with Crippen LogP contribution in [0.15, 0.2) is 23.9 Å². The van der Waals surface area contributed by atoms with Crippen LogP contribution < -0.4 is 0 Å². The fraction of sp³-hybridized carbons (Fsp3) is 0.667. The van der Waals surface area contributed by atoms with E-state index in [1.807, 2.05) is 11.1 Å². The number of allylic oxidation sites excluding steroid dienone is 2. The Morgan fingerprint density at radius 1 is 1.39 bits per heavy atom. The third-order valence-corrected chi connectivity index (χ3v) is 3.53. The smallest absolute Gasteiger partial charge is 0.264 e. The molecule has 0 aromatic heterocycles. The topological polar surface area (TPSA) is 89.1 Å². The first-order chi connectivity index (χ1) is 7.68. The highest BCUT2D eigenvalue weighted by atomic mass is 32.2. The van der Waals surface area contributed by atoms with Gasteiger partial charge in [-0.2, -0.15) is 8.42 Å². The number of hydrogen-bond donors (Lipinski definition) is 1. The van der Waals surface area contributed by atoms with Gasteiger partial charge in [0.05, 0.1) is 5.75 Å². The third-order valence-electron chi connectivity index (χ3n) is 2.72. The van der Waals surface area contributed by atoms with Gasteiger partial charge in [0.25, 0.3) is 10.1 Å². The second kappa shape index (κ2) is 6.36. The van der Waals surface area contributed by atoms with Crippen LogP contribution in [0.2, 0.25) is 0 Å². The maximum Gasteiger partial charge on any atom is 0.264 e. The van der Waals surface area contributed by atoms with Crippen molar-refractivity contribution in [3.63, 3.8) is 0 Å². The molecular formula is C12H23NO4S. The third kappa shape index (κ3) is 6.18. The van der Waals surface area contributed by atoms with Crippen molar-refractivity contribution in [1.82, 2.24) is 4.90 Å². The molecule has 0 aromatic rings. The van der Waals surface area contributed by atoms with Crippen LogP contribution in [0, 0.1) is 5.41 Å². The predicted octanol–water partition coefficient (Wildman–Crippen LogP) is 1.24. The summed E-state index contributed by atoms with van der Waals surface area (Å²) in [4.78, 5) is 2.04. The van der Waals surface area contributed by atoms with E-state index in [9.17, 15) is 8.42 Å². The standard InChI is InChI=1S/C12H21NO3S.H2O/c1-12(2,3)11-5-8-13(9-6-11)7-4-10-17(14,15)16;/h5-6,8H,4,7,9-10H2,1-3H3,(H,14,15,16);1H2. The fourth-order valence-electron chi connectivity index (χ4n) is 1.70. The maximum absolute atomic E-state index is 10.6. The number of nitrogens with zero attached hydrogens (tertiary/aromatic N) is 1. The Labute approximate surface area is 109 Å². The lowest BCUT2D eigenvalue weighted by atomic mass is 9.85. The van der Waals surface area contributed by atoms with E-state index in [4.69, 9.17) is 4.55 Å². The summed E-state index contributed by atoms with van der Waals surface area (Å²) in [5.74, 6) is -0.173. The Morgan fingerprint density at radius 2 is 2.00 bits per heavy atom. The lowest BCUT2D eigenvalue weighted by Gasteiger charge is -2.28. The van der Waals surface area contributed by atoms with Gasteiger partial charge in [-0.3, -0.25) is 4.55 Å². The van der Waals surface area contributed by atoms with E-state index >= 15 is 0 Å². The molecule has 1 aliphatic heterocycles. The zero-order valence-corrected chi connectivity index (χ0v) is 12.0. The Bertz CT molecular complexity index is 418. The second-order valence-electron chi connectivity index (χ2n) is 5.36. The van der Waals surface area contributed by atoms with Crippen LogP contribution in [0.3, 0.4) is 0 Å². The van der Waals surface area contributed by atoms with Crippen LogP contribution in [0.4, 0.5) is 0 Å². The van der Waals surface area contributed by atoms with Crippen molar-refractivity contribution in [2.45, 2.75) is 27.2 Å². The van der Waals surface area contributed by atoms with Gasteiger partial charge in [-0.1, -0.05) is 26.8 Å². The highest BCUT2D eigenvalue weighted by molar-refractivity contribution is 7.85. The average molecular weight is 277 g/mol. The van der Waals surface area contributed by atoms with Crippen LogP contribution in [-0.2, 0) is 10.1 Å². The molecule has 0 fully saturated rings. The van der Waals surface area contributed by atoms with Crippen LogP contribution in [0.1, 0.15) is 27.2 Å². The van der Waals surface area contributed by atoms with Crippen molar-refractivity contribution < 1.29 is 18.4 Å². The minimum absolute atomic E-state index is 0. The van der Waals surface area contributed by atoms with E-state index in [-0.39, 0.29) is 16.6 Å². The van der Waals surface area contributed by atoms with E-state index in [2.05, 4.69) is 32.9 Å². The first kappa shape index (κ1) is 17.2. The van der Waals surface area contributed by atoms with E-state index in [0.29, 0.717) is 13.0 Å². The van der Waals surface area contributed by atoms with Crippen molar-refractivity contribution in [2.75, 3.05) is 18.8 Å². The van der Waals surface area contributed by atoms with E-state index in [1.54, 1.807) is 0 Å². The minimum Gasteiger partial charge on any atom is -0.412 e. The molecule has 0 atom stereocenters. The highest BCUT2D eigenvalue weighted by Crippen LogP contribution is 2.27. The molecule has 0 amide bonds. The van der Waals surface area contributed by atoms with Gasteiger partial charge < -0.3 is 10.4 Å². The molecule has 0 aliphatic carbocycles. The zero-order chi connectivity index (χ0) is 13.1. The molecule has 18 heavy (non-hydrogen) atoms. The first-order valence-corrected chi connectivity index (χ1v) is 7.37. The van der Waals surface area contributed by atoms with Crippen molar-refractivity contribution in [1.29, 1.82) is 0 Å². The first-order valence-electron chi connectivity index (χ1n) is 5.76. The van der Waals surface area contributed by atoms with Crippen LogP contribution >= 0.6 is 0 Å². The van der Waals surface area contributed by atoms with Crippen LogP contribution in [0.5, 0.6) is 0 Å². The number of rotatable bonds is 4. The van der Waals surface area contributed by atoms with Gasteiger partial charge in [0.1, 0.15) is 0 Å². The Balaban J connectivity index is 0.00000289. The molecule has 0 aromatic carbocycles. The molecule has 5 nitrogen and oxygen atoms in total. The summed E-state index contributed by atoms with van der Waals surface area (Å²) in [6, 6.07) is 0. The summed E-state index contributed by atoms with van der Waals surface area (Å²) in [6.45, 7) is 7.93. The molecule has 0 radical (unpaired) electrons. The summed E-state index contributed by atoms with van der Waals surface area (Å²) in [5.41, 5.74) is 1.44. The second-order valence-corrected chi connectivity index (χ2v) is 6.93. The highest BCUT2D eigenvalue weighted by Gasteiger charge is 2.17. The lowest BCUT2D eigenvalue weighted by molar-refractivity contribution is 0.395. The molecule has 1 heterocycles. The normalized spacial score (nSPS) is 16.2. The van der Waals surface area contributed by atoms with Gasteiger partial charge in [0, 0.05) is 13.1 Å². The van der Waals surface area contributed by atoms with E-state index < -0.39 is 10.1 Å². The molecule has 0 saturated carbocycles. The van der Waals surface area contributed by atoms with Gasteiger partial charge in [-0.15, -0.1) is 0 Å². The Kier molecular flexibility index (Phi) is 6.06. The monoisotopic (exact) mass is 277 g/mol. The van der Waals surface area contributed by atoms with E-state index in [1.165, 1.54) is 5.57 Å². The molecule has 3 N–H and O–H groups in total. The Hall–Kier alpha value is -0.850. The molecule has 0 unspecified atom stereocenters. The van der Waals surface area contributed by atoms with Gasteiger partial charge >= 0.3 is 0 Å².